The van der Waals surface area contributed by atoms with Gasteiger partial charge in [-0.05, 0) is 43.1 Å². The van der Waals surface area contributed by atoms with E-state index >= 15 is 0 Å². The fraction of sp³-hybridized carbons (Fsp3) is 0.543. The Morgan fingerprint density at radius 2 is 1.74 bits per heavy atom. The SMILES string of the molecule is CC(C)[C@H](NC(=O)c1csc(N2CC(SC3=C(C(=O)OC(=O)c4ccc([N+](=O)[O-])cc4)N4C(=O)[C@H]([C@@H](C)O[Si](C)(C)C(C)(C)C)[C@H]4[C@H]3C)C2)n1)C(N)=O. The van der Waals surface area contributed by atoms with Crippen LogP contribution in [0.3, 0.4) is 0 Å². The van der Waals surface area contributed by atoms with Gasteiger partial charge in [-0.1, -0.05) is 41.5 Å². The standard InChI is InChI=1S/C35H46N6O9S2Si/c1-17(2)25(29(36)42)38-30(43)23-16-51-34(37-23)39-14-22(15-39)52-28-18(3)26-24(19(4)50-53(8,9)35(5,6)7)31(44)40(26)27(28)33(46)49-32(45)20-10-12-21(13-11-20)41(47)48/h10-13,16-19,22,24-26H,14-15H2,1-9H3,(H2,36,42)(H,38,43)/t18-,19-,24-,25+,26-/m1/s1. The largest absolute Gasteiger partial charge is 0.413 e. The zero-order valence-electron chi connectivity index (χ0n) is 31.2. The summed E-state index contributed by atoms with van der Waals surface area (Å²) >= 11 is 2.73. The van der Waals surface area contributed by atoms with Crippen LogP contribution < -0.4 is 16.0 Å². The predicted octanol–water partition coefficient (Wildman–Crippen LogP) is 4.70. The van der Waals surface area contributed by atoms with E-state index in [1.165, 1.54) is 40.1 Å². The summed E-state index contributed by atoms with van der Waals surface area (Å²) in [5.74, 6) is -4.34. The molecular formula is C35H46N6O9S2Si. The van der Waals surface area contributed by atoms with Crippen LogP contribution in [0.1, 0.15) is 69.3 Å². The van der Waals surface area contributed by atoms with Crippen LogP contribution in [0.2, 0.25) is 18.1 Å². The van der Waals surface area contributed by atoms with Gasteiger partial charge in [0.2, 0.25) is 11.8 Å². The number of amides is 3. The maximum absolute atomic E-state index is 13.9. The van der Waals surface area contributed by atoms with Crippen molar-refractivity contribution in [2.75, 3.05) is 18.0 Å². The number of hydrogen-bond acceptors (Lipinski definition) is 13. The number of esters is 2. The predicted molar refractivity (Wildman–Crippen MR) is 203 cm³/mol. The van der Waals surface area contributed by atoms with Gasteiger partial charge in [-0.3, -0.25) is 24.5 Å². The van der Waals surface area contributed by atoms with Crippen LogP contribution in [-0.4, -0.2) is 89.3 Å². The Morgan fingerprint density at radius 3 is 2.28 bits per heavy atom. The molecule has 0 spiro atoms. The summed E-state index contributed by atoms with van der Waals surface area (Å²) in [6, 6.07) is 3.49. The Balaban J connectivity index is 1.33. The van der Waals surface area contributed by atoms with Crippen molar-refractivity contribution in [2.24, 2.45) is 23.5 Å². The van der Waals surface area contributed by atoms with Gasteiger partial charge in [0.15, 0.2) is 13.4 Å². The molecule has 0 bridgehead atoms. The average Bonchev–Trinajstić information content (AvgIpc) is 3.61. The molecule has 1 aromatic carbocycles. The number of ether oxygens (including phenoxy) is 1. The number of hydrogen-bond donors (Lipinski definition) is 2. The summed E-state index contributed by atoms with van der Waals surface area (Å²) in [6.07, 6.45) is -0.412. The van der Waals surface area contributed by atoms with Crippen molar-refractivity contribution in [2.45, 2.75) is 90.0 Å². The van der Waals surface area contributed by atoms with E-state index in [-0.39, 0.29) is 56.7 Å². The second kappa shape index (κ2) is 14.9. The highest BCUT2D eigenvalue weighted by Crippen LogP contribution is 2.53. The van der Waals surface area contributed by atoms with Crippen molar-refractivity contribution in [3.8, 4) is 0 Å². The first-order valence-corrected chi connectivity index (χ1v) is 22.0. The summed E-state index contributed by atoms with van der Waals surface area (Å²) < 4.78 is 11.9. The number of thioether (sulfide) groups is 1. The highest BCUT2D eigenvalue weighted by Gasteiger charge is 2.62. The van der Waals surface area contributed by atoms with Crippen LogP contribution >= 0.6 is 23.1 Å². The van der Waals surface area contributed by atoms with Crippen LogP contribution in [0.5, 0.6) is 0 Å². The molecule has 3 aliphatic heterocycles. The number of β-lactam (4-membered cyclic amide) rings is 1. The van der Waals surface area contributed by atoms with E-state index in [0.29, 0.717) is 23.1 Å². The lowest BCUT2D eigenvalue weighted by molar-refractivity contribution is -0.384. The summed E-state index contributed by atoms with van der Waals surface area (Å²) in [4.78, 5) is 84.3. The Kier molecular flexibility index (Phi) is 11.3. The minimum Gasteiger partial charge on any atom is -0.413 e. The number of nitrogens with zero attached hydrogens (tertiary/aromatic N) is 4. The molecule has 3 aliphatic rings. The number of nitrogens with two attached hydrogens (primary N) is 1. The topological polar surface area (TPSA) is 204 Å². The third-order valence-electron chi connectivity index (χ3n) is 10.5. The molecule has 2 aromatic rings. The summed E-state index contributed by atoms with van der Waals surface area (Å²) in [5.41, 5.74) is 5.37. The second-order valence-electron chi connectivity index (χ2n) is 15.5. The number of fused-ring (bicyclic) bond motifs is 1. The summed E-state index contributed by atoms with van der Waals surface area (Å²) in [5, 5.41) is 15.8. The van der Waals surface area contributed by atoms with E-state index in [9.17, 15) is 34.1 Å². The van der Waals surface area contributed by atoms with E-state index < -0.39 is 55.1 Å². The number of aromatic nitrogens is 1. The zero-order valence-corrected chi connectivity index (χ0v) is 33.8. The molecule has 286 valence electrons. The number of anilines is 1. The van der Waals surface area contributed by atoms with Gasteiger partial charge < -0.3 is 30.0 Å². The van der Waals surface area contributed by atoms with Crippen molar-refractivity contribution in [3.63, 3.8) is 0 Å². The van der Waals surface area contributed by atoms with Crippen LogP contribution in [0.25, 0.3) is 0 Å². The third kappa shape index (κ3) is 7.90. The van der Waals surface area contributed by atoms with Gasteiger partial charge >= 0.3 is 11.9 Å². The van der Waals surface area contributed by atoms with E-state index in [0.717, 1.165) is 12.1 Å². The Hall–Kier alpha value is -4.13. The number of carbonyl (C=O) groups is 5. The third-order valence-corrected chi connectivity index (χ3v) is 17.4. The van der Waals surface area contributed by atoms with Gasteiger partial charge in [0.05, 0.1) is 28.6 Å². The molecule has 0 saturated carbocycles. The highest BCUT2D eigenvalue weighted by atomic mass is 32.2. The van der Waals surface area contributed by atoms with E-state index in [2.05, 4.69) is 44.2 Å². The molecule has 3 N–H and O–H groups in total. The number of primary amides is 1. The minimum atomic E-state index is -2.25. The number of nitrogens with one attached hydrogen (secondary N) is 1. The number of benzene rings is 1. The monoisotopic (exact) mass is 786 g/mol. The van der Waals surface area contributed by atoms with E-state index in [4.69, 9.17) is 14.9 Å². The van der Waals surface area contributed by atoms with E-state index in [1.807, 2.05) is 18.7 Å². The van der Waals surface area contributed by atoms with Crippen LogP contribution in [-0.2, 0) is 23.5 Å². The molecule has 2 saturated heterocycles. The molecule has 53 heavy (non-hydrogen) atoms. The Bertz CT molecular complexity index is 1850. The minimum absolute atomic E-state index is 0.0179. The van der Waals surface area contributed by atoms with Crippen molar-refractivity contribution in [1.29, 1.82) is 0 Å². The number of thiazole rings is 1. The van der Waals surface area contributed by atoms with Crippen molar-refractivity contribution in [3.05, 3.63) is 61.6 Å². The molecule has 0 radical (unpaired) electrons. The number of nitro benzene ring substituents is 1. The van der Waals surface area contributed by atoms with Gasteiger partial charge in [0.25, 0.3) is 11.6 Å². The number of nitro groups is 1. The molecule has 3 amide bonds. The average molecular weight is 787 g/mol. The first-order valence-electron chi connectivity index (χ1n) is 17.4. The second-order valence-corrected chi connectivity index (χ2v) is 22.5. The lowest BCUT2D eigenvalue weighted by Crippen LogP contribution is -2.65. The molecule has 1 aromatic heterocycles. The highest BCUT2D eigenvalue weighted by molar-refractivity contribution is 8.03. The molecule has 0 unspecified atom stereocenters. The van der Waals surface area contributed by atoms with Gasteiger partial charge in [-0.25, -0.2) is 14.6 Å². The molecule has 15 nitrogen and oxygen atoms in total. The van der Waals surface area contributed by atoms with Crippen molar-refractivity contribution < 1.29 is 38.1 Å². The fourth-order valence-corrected chi connectivity index (χ4v) is 10.2. The van der Waals surface area contributed by atoms with E-state index in [1.54, 1.807) is 19.2 Å². The maximum Gasteiger partial charge on any atom is 0.363 e. The fourth-order valence-electron chi connectivity index (χ4n) is 6.43. The Morgan fingerprint density at radius 1 is 1.11 bits per heavy atom. The van der Waals surface area contributed by atoms with Crippen LogP contribution in [0, 0.1) is 27.9 Å². The number of non-ortho nitro benzene ring substituents is 1. The number of rotatable bonds is 13. The molecule has 4 heterocycles. The van der Waals surface area contributed by atoms with Crippen LogP contribution in [0.15, 0.2) is 40.2 Å². The lowest BCUT2D eigenvalue weighted by atomic mass is 9.79. The quantitative estimate of drug-likeness (QED) is 0.0709. The molecule has 2 fully saturated rings. The van der Waals surface area contributed by atoms with Crippen LogP contribution in [0.4, 0.5) is 10.8 Å². The molecule has 18 heteroatoms. The molecule has 0 aliphatic carbocycles. The van der Waals surface area contributed by atoms with Crippen molar-refractivity contribution >= 4 is 71.9 Å². The Labute approximate surface area is 317 Å². The normalized spacial score (nSPS) is 21.5. The molecule has 5 atom stereocenters. The smallest absolute Gasteiger partial charge is 0.363 e. The molecular weight excluding hydrogens is 741 g/mol. The lowest BCUT2D eigenvalue weighted by Gasteiger charge is -2.50. The van der Waals surface area contributed by atoms with Gasteiger partial charge in [0, 0.05) is 46.7 Å². The van der Waals surface area contributed by atoms with Gasteiger partial charge in [0.1, 0.15) is 17.4 Å². The summed E-state index contributed by atoms with van der Waals surface area (Å²) in [6.45, 7) is 19.1. The molecule has 5 rings (SSSR count). The van der Waals surface area contributed by atoms with Gasteiger partial charge in [-0.15, -0.1) is 23.1 Å². The maximum atomic E-state index is 13.9. The first kappa shape index (κ1) is 40.1. The van der Waals surface area contributed by atoms with Gasteiger partial charge in [-0.2, -0.15) is 0 Å². The first-order chi connectivity index (χ1) is 24.6. The number of carbonyl (C=O) groups excluding carboxylic acids is 5. The summed E-state index contributed by atoms with van der Waals surface area (Å²) in [7, 11) is -2.25. The van der Waals surface area contributed by atoms with Crippen molar-refractivity contribution in [1.82, 2.24) is 15.2 Å². The zero-order chi connectivity index (χ0) is 39.3.